The van der Waals surface area contributed by atoms with Crippen LogP contribution in [0.5, 0.6) is 0 Å². The van der Waals surface area contributed by atoms with E-state index in [-0.39, 0.29) is 26.6 Å². The monoisotopic (exact) mass is 403 g/mol. The first-order valence-electron chi connectivity index (χ1n) is 6.51. The van der Waals surface area contributed by atoms with Gasteiger partial charge in [0, 0.05) is 11.1 Å². The number of nitro groups is 1. The molecule has 1 aromatic carbocycles. The number of carbonyl (C=O) groups is 2. The lowest BCUT2D eigenvalue weighted by Crippen LogP contribution is -2.22. The standard InChI is InChI=1S/C14H8Cl3N3O5/c15-7-1-3-9(10(5-7)20(23)24)18-12(21)6-25-14(22)13-8(16)2-4-11(17)19-13/h1-5H,6H2,(H,18,21). The van der Waals surface area contributed by atoms with Crippen molar-refractivity contribution < 1.29 is 19.2 Å². The molecule has 2 rings (SSSR count). The molecule has 1 aromatic heterocycles. The number of amides is 1. The molecule has 2 aromatic rings. The van der Waals surface area contributed by atoms with E-state index in [1.807, 2.05) is 0 Å². The summed E-state index contributed by atoms with van der Waals surface area (Å²) >= 11 is 17.1. The van der Waals surface area contributed by atoms with Crippen LogP contribution in [0.25, 0.3) is 0 Å². The molecule has 0 aliphatic heterocycles. The van der Waals surface area contributed by atoms with Gasteiger partial charge in [0.2, 0.25) is 0 Å². The van der Waals surface area contributed by atoms with Crippen molar-refractivity contribution in [3.8, 4) is 0 Å². The van der Waals surface area contributed by atoms with Crippen molar-refractivity contribution in [1.29, 1.82) is 0 Å². The Morgan fingerprint density at radius 2 is 1.92 bits per heavy atom. The zero-order valence-electron chi connectivity index (χ0n) is 12.2. The molecule has 0 saturated carbocycles. The van der Waals surface area contributed by atoms with Crippen LogP contribution in [0.3, 0.4) is 0 Å². The average molecular weight is 405 g/mol. The van der Waals surface area contributed by atoms with E-state index in [0.717, 1.165) is 6.07 Å². The molecular formula is C14H8Cl3N3O5. The Morgan fingerprint density at radius 3 is 2.60 bits per heavy atom. The van der Waals surface area contributed by atoms with Gasteiger partial charge in [-0.1, -0.05) is 34.8 Å². The van der Waals surface area contributed by atoms with Crippen LogP contribution in [-0.4, -0.2) is 28.4 Å². The largest absolute Gasteiger partial charge is 0.451 e. The molecule has 8 nitrogen and oxygen atoms in total. The summed E-state index contributed by atoms with van der Waals surface area (Å²) in [7, 11) is 0. The van der Waals surface area contributed by atoms with E-state index < -0.39 is 29.1 Å². The fraction of sp³-hybridized carbons (Fsp3) is 0.0714. The number of aromatic nitrogens is 1. The van der Waals surface area contributed by atoms with Crippen LogP contribution in [0, 0.1) is 10.1 Å². The second-order valence-corrected chi connectivity index (χ2v) is 5.74. The Bertz CT molecular complexity index is 860. The number of nitrogens with one attached hydrogen (secondary N) is 1. The number of carbonyl (C=O) groups excluding carboxylic acids is 2. The Morgan fingerprint density at radius 1 is 1.20 bits per heavy atom. The number of benzene rings is 1. The fourth-order valence-electron chi connectivity index (χ4n) is 1.71. The van der Waals surface area contributed by atoms with Crippen LogP contribution in [0.2, 0.25) is 15.2 Å². The number of ether oxygens (including phenoxy) is 1. The molecule has 1 heterocycles. The Kier molecular flexibility index (Phi) is 6.13. The maximum absolute atomic E-state index is 11.9. The highest BCUT2D eigenvalue weighted by molar-refractivity contribution is 6.34. The number of nitrogens with zero attached hydrogens (tertiary/aromatic N) is 2. The topological polar surface area (TPSA) is 111 Å². The van der Waals surface area contributed by atoms with Crippen LogP contribution in [0.4, 0.5) is 11.4 Å². The third-order valence-corrected chi connectivity index (χ3v) is 3.52. The van der Waals surface area contributed by atoms with E-state index in [1.165, 1.54) is 24.3 Å². The van der Waals surface area contributed by atoms with Crippen LogP contribution < -0.4 is 5.32 Å². The van der Waals surface area contributed by atoms with Crippen LogP contribution in [0.15, 0.2) is 30.3 Å². The van der Waals surface area contributed by atoms with Gasteiger partial charge in [-0.2, -0.15) is 0 Å². The van der Waals surface area contributed by atoms with Crippen molar-refractivity contribution in [2.45, 2.75) is 0 Å². The van der Waals surface area contributed by atoms with Crippen LogP contribution >= 0.6 is 34.8 Å². The molecule has 0 radical (unpaired) electrons. The average Bonchev–Trinajstić information content (AvgIpc) is 2.56. The zero-order valence-corrected chi connectivity index (χ0v) is 14.4. The number of hydrogen-bond donors (Lipinski definition) is 1. The SMILES string of the molecule is O=C(COC(=O)c1nc(Cl)ccc1Cl)Nc1ccc(Cl)cc1[N+](=O)[O-]. The summed E-state index contributed by atoms with van der Waals surface area (Å²) < 4.78 is 4.77. The first-order chi connectivity index (χ1) is 11.8. The molecule has 25 heavy (non-hydrogen) atoms. The molecule has 130 valence electrons. The second kappa shape index (κ2) is 8.11. The van der Waals surface area contributed by atoms with Crippen molar-refractivity contribution in [1.82, 2.24) is 4.98 Å². The van der Waals surface area contributed by atoms with E-state index in [0.29, 0.717) is 0 Å². The first kappa shape index (κ1) is 18.9. The molecule has 0 atom stereocenters. The normalized spacial score (nSPS) is 10.2. The summed E-state index contributed by atoms with van der Waals surface area (Å²) in [6.07, 6.45) is 0. The van der Waals surface area contributed by atoms with E-state index in [2.05, 4.69) is 10.3 Å². The van der Waals surface area contributed by atoms with E-state index >= 15 is 0 Å². The summed E-state index contributed by atoms with van der Waals surface area (Å²) in [6, 6.07) is 6.44. The lowest BCUT2D eigenvalue weighted by molar-refractivity contribution is -0.383. The number of pyridine rings is 1. The Hall–Kier alpha value is -2.42. The maximum atomic E-state index is 11.9. The summed E-state index contributed by atoms with van der Waals surface area (Å²) in [5.74, 6) is -1.76. The Balaban J connectivity index is 2.03. The van der Waals surface area contributed by atoms with Gasteiger partial charge < -0.3 is 10.1 Å². The molecule has 0 aliphatic carbocycles. The highest BCUT2D eigenvalue weighted by Crippen LogP contribution is 2.27. The molecule has 11 heteroatoms. The highest BCUT2D eigenvalue weighted by Gasteiger charge is 2.19. The lowest BCUT2D eigenvalue weighted by atomic mass is 10.2. The molecule has 0 spiro atoms. The summed E-state index contributed by atoms with van der Waals surface area (Å²) in [6.45, 7) is -0.705. The number of esters is 1. The van der Waals surface area contributed by atoms with Gasteiger partial charge in [0.15, 0.2) is 12.3 Å². The van der Waals surface area contributed by atoms with Gasteiger partial charge in [-0.3, -0.25) is 14.9 Å². The molecular weight excluding hydrogens is 397 g/mol. The van der Waals surface area contributed by atoms with Gasteiger partial charge in [0.1, 0.15) is 10.8 Å². The molecule has 0 bridgehead atoms. The fourth-order valence-corrected chi connectivity index (χ4v) is 2.21. The van der Waals surface area contributed by atoms with Gasteiger partial charge in [0.05, 0.1) is 9.95 Å². The number of halogens is 3. The van der Waals surface area contributed by atoms with E-state index in [9.17, 15) is 19.7 Å². The van der Waals surface area contributed by atoms with E-state index in [1.54, 1.807) is 0 Å². The smallest absolute Gasteiger partial charge is 0.359 e. The molecule has 0 fully saturated rings. The second-order valence-electron chi connectivity index (χ2n) is 4.51. The quantitative estimate of drug-likeness (QED) is 0.351. The van der Waals surface area contributed by atoms with Crippen molar-refractivity contribution in [2.24, 2.45) is 0 Å². The van der Waals surface area contributed by atoms with Crippen molar-refractivity contribution in [2.75, 3.05) is 11.9 Å². The predicted octanol–water partition coefficient (Wildman–Crippen LogP) is 3.75. The van der Waals surface area contributed by atoms with Gasteiger partial charge >= 0.3 is 5.97 Å². The lowest BCUT2D eigenvalue weighted by Gasteiger charge is -2.08. The van der Waals surface area contributed by atoms with Crippen LogP contribution in [0.1, 0.15) is 10.5 Å². The highest BCUT2D eigenvalue weighted by atomic mass is 35.5. The number of anilines is 1. The third kappa shape index (κ3) is 5.02. The number of nitro benzene ring substituents is 1. The summed E-state index contributed by atoms with van der Waals surface area (Å²) in [5.41, 5.74) is -0.736. The minimum absolute atomic E-state index is 0.00291. The zero-order chi connectivity index (χ0) is 18.6. The molecule has 1 amide bonds. The summed E-state index contributed by atoms with van der Waals surface area (Å²) in [5, 5.41) is 13.4. The third-order valence-electron chi connectivity index (χ3n) is 2.77. The molecule has 0 saturated heterocycles. The minimum atomic E-state index is -0.965. The molecule has 1 N–H and O–H groups in total. The predicted molar refractivity (Wildman–Crippen MR) is 91.3 cm³/mol. The summed E-state index contributed by atoms with van der Waals surface area (Å²) in [4.78, 5) is 37.6. The molecule has 0 aliphatic rings. The van der Waals surface area contributed by atoms with Crippen molar-refractivity contribution in [3.05, 3.63) is 61.3 Å². The number of rotatable bonds is 5. The first-order valence-corrected chi connectivity index (χ1v) is 7.64. The van der Waals surface area contributed by atoms with E-state index in [4.69, 9.17) is 39.5 Å². The maximum Gasteiger partial charge on any atom is 0.359 e. The van der Waals surface area contributed by atoms with Gasteiger partial charge in [-0.15, -0.1) is 0 Å². The minimum Gasteiger partial charge on any atom is -0.451 e. The number of hydrogen-bond acceptors (Lipinski definition) is 6. The van der Waals surface area contributed by atoms with Crippen molar-refractivity contribution in [3.63, 3.8) is 0 Å². The van der Waals surface area contributed by atoms with Gasteiger partial charge in [-0.25, -0.2) is 9.78 Å². The van der Waals surface area contributed by atoms with Gasteiger partial charge in [-0.05, 0) is 24.3 Å². The van der Waals surface area contributed by atoms with Crippen molar-refractivity contribution >= 4 is 58.1 Å². The van der Waals surface area contributed by atoms with Crippen LogP contribution in [-0.2, 0) is 9.53 Å². The van der Waals surface area contributed by atoms with Gasteiger partial charge in [0.25, 0.3) is 11.6 Å². The Labute approximate surface area is 155 Å². The molecule has 0 unspecified atom stereocenters.